The highest BCUT2D eigenvalue weighted by Crippen LogP contribution is 2.50. The van der Waals surface area contributed by atoms with Crippen LogP contribution < -0.4 is 4.90 Å². The number of aryl methyl sites for hydroxylation is 1. The van der Waals surface area contributed by atoms with Crippen LogP contribution in [0.2, 0.25) is 0 Å². The zero-order valence-electron chi connectivity index (χ0n) is 15.2. The number of fused-ring (bicyclic) bond motifs is 5. The molecule has 2 amide bonds. The maximum absolute atomic E-state index is 14.0. The van der Waals surface area contributed by atoms with Gasteiger partial charge in [-0.2, -0.15) is 5.10 Å². The predicted molar refractivity (Wildman–Crippen MR) is 94.6 cm³/mol. The van der Waals surface area contributed by atoms with E-state index >= 15 is 0 Å². The molecule has 140 valence electrons. The molecule has 0 radical (unpaired) electrons. The molecule has 2 bridgehead atoms. The summed E-state index contributed by atoms with van der Waals surface area (Å²) in [6.07, 6.45) is 1.39. The second-order valence-electron chi connectivity index (χ2n) is 7.62. The van der Waals surface area contributed by atoms with Crippen molar-refractivity contribution >= 4 is 17.5 Å². The number of hydrogen-bond donors (Lipinski definition) is 0. The van der Waals surface area contributed by atoms with E-state index in [1.165, 1.54) is 11.0 Å². The molecule has 7 heteroatoms. The maximum Gasteiger partial charge on any atom is 0.240 e. The minimum Gasteiger partial charge on any atom is -0.373 e. The van der Waals surface area contributed by atoms with Crippen molar-refractivity contribution in [2.75, 3.05) is 4.90 Å². The summed E-state index contributed by atoms with van der Waals surface area (Å²) in [5.41, 5.74) is 2.33. The molecule has 0 saturated carbocycles. The van der Waals surface area contributed by atoms with Gasteiger partial charge in [-0.15, -0.1) is 0 Å². The van der Waals surface area contributed by atoms with Gasteiger partial charge in [0.15, 0.2) is 0 Å². The lowest BCUT2D eigenvalue weighted by molar-refractivity contribution is -0.124. The maximum atomic E-state index is 14.0. The van der Waals surface area contributed by atoms with Crippen molar-refractivity contribution in [3.05, 3.63) is 47.0 Å². The molecule has 4 atom stereocenters. The van der Waals surface area contributed by atoms with Gasteiger partial charge in [-0.05, 0) is 32.8 Å². The van der Waals surface area contributed by atoms with Crippen LogP contribution in [0.3, 0.4) is 0 Å². The molecule has 1 aromatic carbocycles. The standard InChI is InChI=1S/C20H20FN3O3/c1-10-18(11(2)23(22-10)9-12-5-3-4-6-13(12)21)24-19(25)16-14-7-8-15(27-14)17(16)20(24)26/h3-6,14-17H,7-9H2,1-2H3/t14-,15-,16-,17+/m1/s1. The number of benzene rings is 1. The van der Waals surface area contributed by atoms with Crippen molar-refractivity contribution in [1.29, 1.82) is 0 Å². The lowest BCUT2D eigenvalue weighted by Crippen LogP contribution is -2.35. The Morgan fingerprint density at radius 3 is 2.37 bits per heavy atom. The van der Waals surface area contributed by atoms with Gasteiger partial charge in [0.2, 0.25) is 11.8 Å². The van der Waals surface area contributed by atoms with Crippen molar-refractivity contribution in [2.24, 2.45) is 11.8 Å². The van der Waals surface area contributed by atoms with Crippen LogP contribution in [0.25, 0.3) is 0 Å². The number of aromatic nitrogens is 2. The molecule has 0 spiro atoms. The van der Waals surface area contributed by atoms with E-state index in [1.807, 2.05) is 6.92 Å². The van der Waals surface area contributed by atoms with Crippen molar-refractivity contribution in [2.45, 2.75) is 45.4 Å². The Hall–Kier alpha value is -2.54. The molecule has 0 N–H and O–H groups in total. The first-order valence-corrected chi connectivity index (χ1v) is 9.28. The number of carbonyl (C=O) groups is 2. The van der Waals surface area contributed by atoms with Crippen molar-refractivity contribution in [3.8, 4) is 0 Å². The number of halogens is 1. The summed E-state index contributed by atoms with van der Waals surface area (Å²) in [5.74, 6) is -1.42. The molecule has 4 heterocycles. The average Bonchev–Trinajstić information content (AvgIpc) is 3.37. The normalized spacial score (nSPS) is 29.1. The molecule has 1 aromatic heterocycles. The number of rotatable bonds is 3. The number of carbonyl (C=O) groups excluding carboxylic acids is 2. The second kappa shape index (κ2) is 5.73. The van der Waals surface area contributed by atoms with Crippen LogP contribution in [-0.4, -0.2) is 33.8 Å². The van der Waals surface area contributed by atoms with Crippen LogP contribution in [0.5, 0.6) is 0 Å². The quantitative estimate of drug-likeness (QED) is 0.779. The first-order chi connectivity index (χ1) is 13.0. The van der Waals surface area contributed by atoms with Crippen LogP contribution in [0, 0.1) is 31.5 Å². The minimum absolute atomic E-state index is 0.143. The van der Waals surface area contributed by atoms with E-state index in [9.17, 15) is 14.0 Å². The highest BCUT2D eigenvalue weighted by atomic mass is 19.1. The fraction of sp³-hybridized carbons (Fsp3) is 0.450. The van der Waals surface area contributed by atoms with Crippen molar-refractivity contribution in [3.63, 3.8) is 0 Å². The third kappa shape index (κ3) is 2.24. The van der Waals surface area contributed by atoms with Crippen LogP contribution in [0.1, 0.15) is 29.8 Å². The summed E-state index contributed by atoms with van der Waals surface area (Å²) in [6.45, 7) is 3.84. The van der Waals surface area contributed by atoms with Gasteiger partial charge in [0, 0.05) is 5.56 Å². The molecule has 0 aliphatic carbocycles. The summed E-state index contributed by atoms with van der Waals surface area (Å²) in [4.78, 5) is 27.4. The van der Waals surface area contributed by atoms with E-state index in [1.54, 1.807) is 29.8 Å². The molecule has 0 unspecified atom stereocenters. The molecule has 3 fully saturated rings. The molecule has 5 rings (SSSR count). The monoisotopic (exact) mass is 369 g/mol. The number of imide groups is 1. The van der Waals surface area contributed by atoms with Crippen LogP contribution >= 0.6 is 0 Å². The molecule has 3 aliphatic heterocycles. The Morgan fingerprint density at radius 2 is 1.74 bits per heavy atom. The first-order valence-electron chi connectivity index (χ1n) is 9.28. The fourth-order valence-electron chi connectivity index (χ4n) is 4.89. The van der Waals surface area contributed by atoms with Crippen molar-refractivity contribution in [1.82, 2.24) is 9.78 Å². The van der Waals surface area contributed by atoms with Gasteiger partial charge >= 0.3 is 0 Å². The van der Waals surface area contributed by atoms with E-state index in [2.05, 4.69) is 5.10 Å². The minimum atomic E-state index is -0.370. The van der Waals surface area contributed by atoms with Gasteiger partial charge in [0.1, 0.15) is 5.82 Å². The van der Waals surface area contributed by atoms with Crippen molar-refractivity contribution < 1.29 is 18.7 Å². The summed E-state index contributed by atoms with van der Waals surface area (Å²) >= 11 is 0. The van der Waals surface area contributed by atoms with Gasteiger partial charge in [-0.25, -0.2) is 9.29 Å². The summed E-state index contributed by atoms with van der Waals surface area (Å²) in [7, 11) is 0. The van der Waals surface area contributed by atoms with E-state index in [4.69, 9.17) is 4.74 Å². The zero-order valence-corrected chi connectivity index (χ0v) is 15.2. The van der Waals surface area contributed by atoms with Gasteiger partial charge < -0.3 is 4.74 Å². The van der Waals surface area contributed by atoms with E-state index < -0.39 is 0 Å². The van der Waals surface area contributed by atoms with Gasteiger partial charge in [-0.1, -0.05) is 18.2 Å². The zero-order chi connectivity index (χ0) is 18.9. The molecule has 3 aliphatic rings. The Kier molecular flexibility index (Phi) is 3.53. The Labute approximate surface area is 155 Å². The SMILES string of the molecule is Cc1nn(Cc2ccccc2F)c(C)c1N1C(=O)[C@@H]2[C@H](C1=O)[C@H]1CC[C@H]2O1. The Morgan fingerprint density at radius 1 is 1.11 bits per heavy atom. The third-order valence-electron chi connectivity index (χ3n) is 6.13. The van der Waals surface area contributed by atoms with Crippen LogP contribution in [-0.2, 0) is 20.9 Å². The average molecular weight is 369 g/mol. The van der Waals surface area contributed by atoms with Gasteiger partial charge in [0.05, 0.1) is 47.7 Å². The van der Waals surface area contributed by atoms with E-state index in [0.29, 0.717) is 22.6 Å². The summed E-state index contributed by atoms with van der Waals surface area (Å²) < 4.78 is 21.5. The number of nitrogens with zero attached hydrogens (tertiary/aromatic N) is 3. The lowest BCUT2D eigenvalue weighted by Gasteiger charge is -2.18. The number of hydrogen-bond acceptors (Lipinski definition) is 4. The first kappa shape index (κ1) is 16.6. The molecule has 6 nitrogen and oxygen atoms in total. The van der Waals surface area contributed by atoms with Crippen LogP contribution in [0.4, 0.5) is 10.1 Å². The highest BCUT2D eigenvalue weighted by Gasteiger charge is 2.63. The highest BCUT2D eigenvalue weighted by molar-refractivity contribution is 6.23. The summed E-state index contributed by atoms with van der Waals surface area (Å²) in [6, 6.07) is 6.53. The van der Waals surface area contributed by atoms with Crippen LogP contribution in [0.15, 0.2) is 24.3 Å². The second-order valence-corrected chi connectivity index (χ2v) is 7.62. The molecule has 3 saturated heterocycles. The predicted octanol–water partition coefficient (Wildman–Crippen LogP) is 2.35. The molecular weight excluding hydrogens is 349 g/mol. The number of amides is 2. The lowest BCUT2D eigenvalue weighted by atomic mass is 9.81. The fourth-order valence-corrected chi connectivity index (χ4v) is 4.89. The van der Waals surface area contributed by atoms with Gasteiger partial charge in [0.25, 0.3) is 0 Å². The molecule has 2 aromatic rings. The molecular formula is C20H20FN3O3. The number of ether oxygens (including phenoxy) is 1. The van der Waals surface area contributed by atoms with E-state index in [0.717, 1.165) is 12.8 Å². The molecule has 27 heavy (non-hydrogen) atoms. The smallest absolute Gasteiger partial charge is 0.240 e. The Balaban J connectivity index is 1.51. The topological polar surface area (TPSA) is 64.4 Å². The third-order valence-corrected chi connectivity index (χ3v) is 6.13. The van der Waals surface area contributed by atoms with Gasteiger partial charge in [-0.3, -0.25) is 14.3 Å². The number of anilines is 1. The summed E-state index contributed by atoms with van der Waals surface area (Å²) in [5, 5.41) is 4.48. The Bertz CT molecular complexity index is 941. The van der Waals surface area contributed by atoms with E-state index in [-0.39, 0.29) is 48.2 Å². The largest absolute Gasteiger partial charge is 0.373 e.